The van der Waals surface area contributed by atoms with Crippen molar-refractivity contribution in [2.45, 2.75) is 6.92 Å². The second-order valence-electron chi connectivity index (χ2n) is 1.22. The number of amides is 1. The van der Waals surface area contributed by atoms with Gasteiger partial charge >= 0.3 is 6.09 Å². The Hall–Kier alpha value is -0.330. The molecule has 0 aliphatic rings. The zero-order chi connectivity index (χ0) is 7.28. The first kappa shape index (κ1) is 8.67. The van der Waals surface area contributed by atoms with Crippen molar-refractivity contribution < 1.29 is 9.63 Å². The molecule has 0 aliphatic carbocycles. The minimum atomic E-state index is -0.550. The number of halogens is 1. The fourth-order valence-corrected chi connectivity index (χ4v) is 0.248. The van der Waals surface area contributed by atoms with Gasteiger partial charge in [-0.3, -0.25) is 4.84 Å². The zero-order valence-electron chi connectivity index (χ0n) is 5.14. The standard InChI is InChI=1S/C4H7IN2O2/c1-3(5)7-9-4(8)6-2/h1-2H3,(H,6,8)/b7-3-. The molecular weight excluding hydrogens is 235 g/mol. The Labute approximate surface area is 66.8 Å². The van der Waals surface area contributed by atoms with Gasteiger partial charge in [-0.15, -0.1) is 0 Å². The van der Waals surface area contributed by atoms with Crippen LogP contribution in [0.1, 0.15) is 6.92 Å². The normalized spacial score (nSPS) is 10.8. The number of nitrogens with zero attached hydrogens (tertiary/aromatic N) is 1. The summed E-state index contributed by atoms with van der Waals surface area (Å²) in [5.41, 5.74) is 0. The molecule has 9 heavy (non-hydrogen) atoms. The van der Waals surface area contributed by atoms with Crippen LogP contribution in [0.2, 0.25) is 0 Å². The zero-order valence-corrected chi connectivity index (χ0v) is 7.30. The van der Waals surface area contributed by atoms with E-state index in [1.807, 2.05) is 22.6 Å². The van der Waals surface area contributed by atoms with Crippen LogP contribution in [0.4, 0.5) is 4.79 Å². The summed E-state index contributed by atoms with van der Waals surface area (Å²) in [6.07, 6.45) is -0.550. The van der Waals surface area contributed by atoms with Gasteiger partial charge in [-0.05, 0) is 29.5 Å². The van der Waals surface area contributed by atoms with Crippen LogP contribution < -0.4 is 5.32 Å². The first-order valence-electron chi connectivity index (χ1n) is 2.25. The Balaban J connectivity index is 3.50. The van der Waals surface area contributed by atoms with E-state index in [0.29, 0.717) is 3.72 Å². The largest absolute Gasteiger partial charge is 0.433 e. The molecule has 0 rings (SSSR count). The van der Waals surface area contributed by atoms with Crippen molar-refractivity contribution in [1.82, 2.24) is 5.32 Å². The van der Waals surface area contributed by atoms with E-state index in [2.05, 4.69) is 15.3 Å². The SMILES string of the molecule is CNC(=O)O/N=C(/C)I. The van der Waals surface area contributed by atoms with Gasteiger partial charge in [0, 0.05) is 7.05 Å². The maximum atomic E-state index is 10.3. The summed E-state index contributed by atoms with van der Waals surface area (Å²) in [4.78, 5) is 14.6. The van der Waals surface area contributed by atoms with Crippen LogP contribution in [-0.2, 0) is 4.84 Å². The number of hydrogen-bond acceptors (Lipinski definition) is 3. The first-order valence-corrected chi connectivity index (χ1v) is 3.33. The summed E-state index contributed by atoms with van der Waals surface area (Å²) in [6.45, 7) is 1.73. The summed E-state index contributed by atoms with van der Waals surface area (Å²) in [7, 11) is 1.47. The van der Waals surface area contributed by atoms with Crippen molar-refractivity contribution in [2.75, 3.05) is 7.05 Å². The molecule has 0 aromatic rings. The highest BCUT2D eigenvalue weighted by Gasteiger charge is 1.93. The van der Waals surface area contributed by atoms with E-state index >= 15 is 0 Å². The monoisotopic (exact) mass is 242 g/mol. The van der Waals surface area contributed by atoms with Gasteiger partial charge in [-0.1, -0.05) is 5.16 Å². The van der Waals surface area contributed by atoms with E-state index in [9.17, 15) is 4.79 Å². The number of rotatable bonds is 1. The summed E-state index contributed by atoms with van der Waals surface area (Å²) in [6, 6.07) is 0. The van der Waals surface area contributed by atoms with E-state index in [-0.39, 0.29) is 0 Å². The summed E-state index contributed by atoms with van der Waals surface area (Å²) in [5.74, 6) is 0. The van der Waals surface area contributed by atoms with Crippen LogP contribution in [0, 0.1) is 0 Å². The van der Waals surface area contributed by atoms with Gasteiger partial charge in [-0.2, -0.15) is 0 Å². The molecule has 0 bridgehead atoms. The van der Waals surface area contributed by atoms with E-state index in [1.165, 1.54) is 7.05 Å². The third-order valence-corrected chi connectivity index (χ3v) is 0.655. The quantitative estimate of drug-likeness (QED) is 0.324. The Bertz CT molecular complexity index is 131. The van der Waals surface area contributed by atoms with Gasteiger partial charge in [-0.25, -0.2) is 4.79 Å². The molecule has 5 heteroatoms. The predicted octanol–water partition coefficient (Wildman–Crippen LogP) is 1.11. The van der Waals surface area contributed by atoms with Crippen LogP contribution in [0.15, 0.2) is 5.16 Å². The fraction of sp³-hybridized carbons (Fsp3) is 0.500. The lowest BCUT2D eigenvalue weighted by molar-refractivity contribution is 0.153. The molecular formula is C4H7IN2O2. The molecule has 1 amide bonds. The maximum absolute atomic E-state index is 10.3. The molecule has 4 nitrogen and oxygen atoms in total. The number of hydrogen-bond donors (Lipinski definition) is 1. The number of carbonyl (C=O) groups is 1. The summed E-state index contributed by atoms with van der Waals surface area (Å²) < 4.78 is 0.677. The lowest BCUT2D eigenvalue weighted by atomic mass is 10.9. The second-order valence-corrected chi connectivity index (χ2v) is 2.78. The van der Waals surface area contributed by atoms with Gasteiger partial charge in [0.1, 0.15) is 3.72 Å². The van der Waals surface area contributed by atoms with Gasteiger partial charge in [0.2, 0.25) is 0 Å². The topological polar surface area (TPSA) is 50.7 Å². The number of carbonyl (C=O) groups excluding carboxylic acids is 1. The molecule has 1 N–H and O–H groups in total. The first-order chi connectivity index (χ1) is 4.16. The molecule has 0 radical (unpaired) electrons. The minimum absolute atomic E-state index is 0.550. The molecule has 0 aromatic heterocycles. The molecule has 0 atom stereocenters. The van der Waals surface area contributed by atoms with E-state index in [4.69, 9.17) is 0 Å². The third kappa shape index (κ3) is 5.54. The van der Waals surface area contributed by atoms with E-state index in [0.717, 1.165) is 0 Å². The lowest BCUT2D eigenvalue weighted by Crippen LogP contribution is -2.16. The van der Waals surface area contributed by atoms with Gasteiger partial charge in [0.15, 0.2) is 0 Å². The fourth-order valence-electron chi connectivity index (χ4n) is 0.150. The van der Waals surface area contributed by atoms with Crippen molar-refractivity contribution >= 4 is 32.4 Å². The molecule has 0 aromatic carbocycles. The van der Waals surface area contributed by atoms with E-state index < -0.39 is 6.09 Å². The van der Waals surface area contributed by atoms with Crippen LogP contribution in [0.25, 0.3) is 0 Å². The van der Waals surface area contributed by atoms with Gasteiger partial charge in [0.25, 0.3) is 0 Å². The Morgan fingerprint density at radius 1 is 1.78 bits per heavy atom. The minimum Gasteiger partial charge on any atom is -0.323 e. The summed E-state index contributed by atoms with van der Waals surface area (Å²) >= 11 is 1.94. The molecule has 0 heterocycles. The van der Waals surface area contributed by atoms with Gasteiger partial charge in [0.05, 0.1) is 0 Å². The highest BCUT2D eigenvalue weighted by molar-refractivity contribution is 14.1. The molecule has 52 valence electrons. The summed E-state index contributed by atoms with van der Waals surface area (Å²) in [5, 5.41) is 5.64. The predicted molar refractivity (Wildman–Crippen MR) is 42.7 cm³/mol. The molecule has 0 saturated carbocycles. The molecule has 0 unspecified atom stereocenters. The molecule has 0 saturated heterocycles. The third-order valence-electron chi connectivity index (χ3n) is 0.458. The lowest BCUT2D eigenvalue weighted by Gasteiger charge is -1.92. The maximum Gasteiger partial charge on any atom is 0.433 e. The van der Waals surface area contributed by atoms with Crippen LogP contribution >= 0.6 is 22.6 Å². The van der Waals surface area contributed by atoms with Crippen LogP contribution in [0.3, 0.4) is 0 Å². The Morgan fingerprint density at radius 2 is 2.33 bits per heavy atom. The molecule has 0 aliphatic heterocycles. The van der Waals surface area contributed by atoms with E-state index in [1.54, 1.807) is 6.92 Å². The number of oxime groups is 1. The van der Waals surface area contributed by atoms with Crippen molar-refractivity contribution in [2.24, 2.45) is 5.16 Å². The van der Waals surface area contributed by atoms with Crippen LogP contribution in [0.5, 0.6) is 0 Å². The van der Waals surface area contributed by atoms with Crippen molar-refractivity contribution in [1.29, 1.82) is 0 Å². The van der Waals surface area contributed by atoms with Crippen molar-refractivity contribution in [3.63, 3.8) is 0 Å². The number of nitrogens with one attached hydrogen (secondary N) is 1. The van der Waals surface area contributed by atoms with Gasteiger partial charge < -0.3 is 5.32 Å². The van der Waals surface area contributed by atoms with Crippen LogP contribution in [-0.4, -0.2) is 16.9 Å². The molecule has 0 fully saturated rings. The molecule has 0 spiro atoms. The smallest absolute Gasteiger partial charge is 0.323 e. The average molecular weight is 242 g/mol. The average Bonchev–Trinajstić information content (AvgIpc) is 1.83. The van der Waals surface area contributed by atoms with Crippen molar-refractivity contribution in [3.05, 3.63) is 0 Å². The second kappa shape index (κ2) is 4.54. The highest BCUT2D eigenvalue weighted by Crippen LogP contribution is 1.89. The Morgan fingerprint density at radius 3 is 2.67 bits per heavy atom. The highest BCUT2D eigenvalue weighted by atomic mass is 127. The van der Waals surface area contributed by atoms with Crippen molar-refractivity contribution in [3.8, 4) is 0 Å². The Kier molecular flexibility index (Phi) is 4.37.